The summed E-state index contributed by atoms with van der Waals surface area (Å²) in [7, 11) is 0. The van der Waals surface area contributed by atoms with Crippen LogP contribution in [-0.4, -0.2) is 23.1 Å². The lowest BCUT2D eigenvalue weighted by molar-refractivity contribution is 0.959. The van der Waals surface area contributed by atoms with Crippen LogP contribution in [0.1, 0.15) is 17.1 Å². The highest BCUT2D eigenvalue weighted by Gasteiger charge is 2.03. The van der Waals surface area contributed by atoms with E-state index in [1.807, 2.05) is 20.8 Å². The lowest BCUT2D eigenvalue weighted by Gasteiger charge is -2.08. The molecule has 13 heavy (non-hydrogen) atoms. The third-order valence-corrected chi connectivity index (χ3v) is 1.92. The molecule has 0 saturated heterocycles. The Balaban J connectivity index is 2.88. The van der Waals surface area contributed by atoms with Gasteiger partial charge in [0.05, 0.1) is 17.1 Å². The molecule has 0 fully saturated rings. The van der Waals surface area contributed by atoms with Gasteiger partial charge in [-0.1, -0.05) is 0 Å². The zero-order chi connectivity index (χ0) is 9.84. The van der Waals surface area contributed by atoms with Crippen LogP contribution in [0.3, 0.4) is 0 Å². The van der Waals surface area contributed by atoms with Gasteiger partial charge in [-0.05, 0) is 20.8 Å². The van der Waals surface area contributed by atoms with Crippen molar-refractivity contribution in [1.29, 1.82) is 0 Å². The van der Waals surface area contributed by atoms with Crippen molar-refractivity contribution in [3.8, 4) is 0 Å². The first kappa shape index (κ1) is 9.92. The van der Waals surface area contributed by atoms with E-state index in [0.29, 0.717) is 6.54 Å². The molecular weight excluding hydrogens is 164 g/mol. The molecule has 0 aliphatic carbocycles. The Morgan fingerprint density at radius 1 is 1.08 bits per heavy atom. The van der Waals surface area contributed by atoms with E-state index in [0.717, 1.165) is 29.4 Å². The van der Waals surface area contributed by atoms with Gasteiger partial charge in [-0.2, -0.15) is 0 Å². The smallest absolute Gasteiger partial charge is 0.147 e. The highest BCUT2D eigenvalue weighted by atomic mass is 15.0. The van der Waals surface area contributed by atoms with Crippen molar-refractivity contribution in [2.45, 2.75) is 20.8 Å². The quantitative estimate of drug-likeness (QED) is 0.721. The second-order valence-corrected chi connectivity index (χ2v) is 3.04. The minimum absolute atomic E-state index is 0.605. The van der Waals surface area contributed by atoms with Crippen LogP contribution in [0.4, 0.5) is 5.82 Å². The third-order valence-electron chi connectivity index (χ3n) is 1.92. The topological polar surface area (TPSA) is 63.8 Å². The first-order chi connectivity index (χ1) is 6.15. The molecule has 1 aromatic heterocycles. The Morgan fingerprint density at radius 2 is 1.69 bits per heavy atom. The minimum atomic E-state index is 0.605. The molecule has 0 amide bonds. The van der Waals surface area contributed by atoms with Crippen LogP contribution in [-0.2, 0) is 0 Å². The van der Waals surface area contributed by atoms with Gasteiger partial charge in [0.1, 0.15) is 5.82 Å². The van der Waals surface area contributed by atoms with Gasteiger partial charge < -0.3 is 11.1 Å². The summed E-state index contributed by atoms with van der Waals surface area (Å²) in [4.78, 5) is 8.74. The van der Waals surface area contributed by atoms with Crippen LogP contribution in [0.25, 0.3) is 0 Å². The molecule has 0 atom stereocenters. The van der Waals surface area contributed by atoms with Crippen LogP contribution in [0.15, 0.2) is 0 Å². The van der Waals surface area contributed by atoms with Crippen LogP contribution >= 0.6 is 0 Å². The van der Waals surface area contributed by atoms with Crippen molar-refractivity contribution in [2.75, 3.05) is 18.4 Å². The van der Waals surface area contributed by atoms with Crippen LogP contribution in [0, 0.1) is 20.8 Å². The molecule has 0 unspecified atom stereocenters. The highest BCUT2D eigenvalue weighted by molar-refractivity contribution is 5.40. The second-order valence-electron chi connectivity index (χ2n) is 3.04. The van der Waals surface area contributed by atoms with E-state index in [4.69, 9.17) is 5.73 Å². The van der Waals surface area contributed by atoms with Crippen LogP contribution < -0.4 is 11.1 Å². The summed E-state index contributed by atoms with van der Waals surface area (Å²) in [6, 6.07) is 0. The zero-order valence-electron chi connectivity index (χ0n) is 8.39. The number of hydrogen-bond acceptors (Lipinski definition) is 4. The van der Waals surface area contributed by atoms with Crippen molar-refractivity contribution in [3.63, 3.8) is 0 Å². The van der Waals surface area contributed by atoms with Gasteiger partial charge in [0, 0.05) is 13.1 Å². The predicted octanol–water partition coefficient (Wildman–Crippen LogP) is 0.772. The Hall–Kier alpha value is -1.16. The first-order valence-corrected chi connectivity index (χ1v) is 4.41. The normalized spacial score (nSPS) is 10.2. The molecule has 1 aromatic rings. The number of nitrogens with one attached hydrogen (secondary N) is 1. The number of hydrogen-bond donors (Lipinski definition) is 2. The maximum Gasteiger partial charge on any atom is 0.147 e. The van der Waals surface area contributed by atoms with Crippen molar-refractivity contribution in [3.05, 3.63) is 17.1 Å². The molecule has 0 aromatic carbocycles. The Kier molecular flexibility index (Phi) is 3.19. The van der Waals surface area contributed by atoms with Crippen LogP contribution in [0.5, 0.6) is 0 Å². The van der Waals surface area contributed by atoms with Gasteiger partial charge in [-0.25, -0.2) is 4.98 Å². The van der Waals surface area contributed by atoms with E-state index in [9.17, 15) is 0 Å². The maximum absolute atomic E-state index is 5.38. The van der Waals surface area contributed by atoms with E-state index in [1.54, 1.807) is 0 Å². The fourth-order valence-electron chi connectivity index (χ4n) is 1.07. The van der Waals surface area contributed by atoms with E-state index in [1.165, 1.54) is 0 Å². The van der Waals surface area contributed by atoms with E-state index in [2.05, 4.69) is 15.3 Å². The fourth-order valence-corrected chi connectivity index (χ4v) is 1.07. The van der Waals surface area contributed by atoms with E-state index < -0.39 is 0 Å². The monoisotopic (exact) mass is 180 g/mol. The SMILES string of the molecule is Cc1nc(C)c(NCCN)nc1C. The molecule has 3 N–H and O–H groups in total. The maximum atomic E-state index is 5.38. The molecule has 0 aliphatic rings. The average Bonchev–Trinajstić information content (AvgIpc) is 2.09. The van der Waals surface area contributed by atoms with Gasteiger partial charge in [0.2, 0.25) is 0 Å². The van der Waals surface area contributed by atoms with Gasteiger partial charge in [-0.15, -0.1) is 0 Å². The summed E-state index contributed by atoms with van der Waals surface area (Å²) in [6.07, 6.45) is 0. The predicted molar refractivity (Wildman–Crippen MR) is 53.8 cm³/mol. The number of aryl methyl sites for hydroxylation is 3. The van der Waals surface area contributed by atoms with E-state index >= 15 is 0 Å². The Labute approximate surface area is 78.6 Å². The van der Waals surface area contributed by atoms with Crippen molar-refractivity contribution in [2.24, 2.45) is 5.73 Å². The number of rotatable bonds is 3. The zero-order valence-corrected chi connectivity index (χ0v) is 8.39. The molecule has 1 heterocycles. The summed E-state index contributed by atoms with van der Waals surface area (Å²) in [6.45, 7) is 7.20. The summed E-state index contributed by atoms with van der Waals surface area (Å²) in [5, 5.41) is 3.13. The van der Waals surface area contributed by atoms with E-state index in [-0.39, 0.29) is 0 Å². The standard InChI is InChI=1S/C9H16N4/c1-6-7(2)13-9(8(3)12-6)11-5-4-10/h4-5,10H2,1-3H3,(H,11,13). The Bertz CT molecular complexity index is 296. The number of aromatic nitrogens is 2. The largest absolute Gasteiger partial charge is 0.367 e. The van der Waals surface area contributed by atoms with Gasteiger partial charge in [-0.3, -0.25) is 4.98 Å². The molecule has 0 aliphatic heterocycles. The number of nitrogens with zero attached hydrogens (tertiary/aromatic N) is 2. The van der Waals surface area contributed by atoms with Gasteiger partial charge >= 0.3 is 0 Å². The Morgan fingerprint density at radius 3 is 2.31 bits per heavy atom. The summed E-state index contributed by atoms with van der Waals surface area (Å²) in [5.74, 6) is 0.841. The van der Waals surface area contributed by atoms with Crippen molar-refractivity contribution in [1.82, 2.24) is 9.97 Å². The molecular formula is C9H16N4. The average molecular weight is 180 g/mol. The fraction of sp³-hybridized carbons (Fsp3) is 0.556. The highest BCUT2D eigenvalue weighted by Crippen LogP contribution is 2.10. The lowest BCUT2D eigenvalue weighted by atomic mass is 10.3. The van der Waals surface area contributed by atoms with Crippen molar-refractivity contribution < 1.29 is 0 Å². The molecule has 0 spiro atoms. The molecule has 4 heteroatoms. The third kappa shape index (κ3) is 2.39. The minimum Gasteiger partial charge on any atom is -0.367 e. The van der Waals surface area contributed by atoms with Gasteiger partial charge in [0.15, 0.2) is 0 Å². The van der Waals surface area contributed by atoms with Crippen molar-refractivity contribution >= 4 is 5.82 Å². The number of nitrogens with two attached hydrogens (primary N) is 1. The van der Waals surface area contributed by atoms with Crippen LogP contribution in [0.2, 0.25) is 0 Å². The number of anilines is 1. The molecule has 0 bridgehead atoms. The summed E-state index contributed by atoms with van der Waals surface area (Å²) in [5.41, 5.74) is 8.26. The second kappa shape index (κ2) is 4.18. The molecule has 0 saturated carbocycles. The molecule has 4 nitrogen and oxygen atoms in total. The molecule has 0 radical (unpaired) electrons. The lowest BCUT2D eigenvalue weighted by Crippen LogP contribution is -2.15. The summed E-state index contributed by atoms with van der Waals surface area (Å²) < 4.78 is 0. The van der Waals surface area contributed by atoms with Gasteiger partial charge in [0.25, 0.3) is 0 Å². The summed E-state index contributed by atoms with van der Waals surface area (Å²) >= 11 is 0. The first-order valence-electron chi connectivity index (χ1n) is 4.41. The molecule has 72 valence electrons. The molecule has 1 rings (SSSR count).